The van der Waals surface area contributed by atoms with E-state index in [-0.39, 0.29) is 0 Å². The summed E-state index contributed by atoms with van der Waals surface area (Å²) in [5, 5.41) is 27.8. The first-order chi connectivity index (χ1) is 10.8. The molecule has 0 saturated heterocycles. The van der Waals surface area contributed by atoms with E-state index in [1.54, 1.807) is 0 Å². The monoisotopic (exact) mass is 286 g/mol. The molecule has 0 bridgehead atoms. The van der Waals surface area contributed by atoms with Crippen LogP contribution in [0.4, 0.5) is 0 Å². The maximum Gasteiger partial charge on any atom is 0.110 e. The van der Waals surface area contributed by atoms with Gasteiger partial charge in [-0.3, -0.25) is 0 Å². The number of aliphatic hydroxyl groups excluding tert-OH is 2. The van der Waals surface area contributed by atoms with Gasteiger partial charge in [0.1, 0.15) is 12.2 Å². The van der Waals surface area contributed by atoms with Crippen LogP contribution in [0.25, 0.3) is 32.3 Å². The Kier molecular flexibility index (Phi) is 2.25. The highest BCUT2D eigenvalue weighted by molar-refractivity contribution is 6.17. The number of hydrogen-bond acceptors (Lipinski definition) is 2. The molecule has 106 valence electrons. The molecule has 0 aliphatic heterocycles. The molecule has 0 radical (unpaired) electrons. The molecule has 0 amide bonds. The van der Waals surface area contributed by atoms with Gasteiger partial charge in [-0.1, -0.05) is 54.6 Å². The second-order valence-corrected chi connectivity index (χ2v) is 6.01. The Labute approximate surface area is 127 Å². The second kappa shape index (κ2) is 4.07. The van der Waals surface area contributed by atoms with Gasteiger partial charge >= 0.3 is 0 Å². The molecule has 0 heterocycles. The molecule has 1 aliphatic rings. The Morgan fingerprint density at radius 1 is 0.636 bits per heavy atom. The van der Waals surface area contributed by atoms with Crippen LogP contribution in [-0.2, 0) is 0 Å². The summed E-state index contributed by atoms with van der Waals surface area (Å²) in [6.07, 6.45) is -1.78. The van der Waals surface area contributed by atoms with E-state index < -0.39 is 12.2 Å². The molecule has 22 heavy (non-hydrogen) atoms. The molecule has 0 fully saturated rings. The molecule has 2 nitrogen and oxygen atoms in total. The maximum absolute atomic E-state index is 10.7. The lowest BCUT2D eigenvalue weighted by atomic mass is 9.80. The minimum absolute atomic E-state index is 0.818. The van der Waals surface area contributed by atoms with Crippen molar-refractivity contribution in [3.63, 3.8) is 0 Å². The summed E-state index contributed by atoms with van der Waals surface area (Å²) in [5.74, 6) is 0. The van der Waals surface area contributed by atoms with Gasteiger partial charge in [-0.2, -0.15) is 0 Å². The van der Waals surface area contributed by atoms with Crippen LogP contribution >= 0.6 is 0 Å². The van der Waals surface area contributed by atoms with Gasteiger partial charge in [-0.05, 0) is 49.5 Å². The van der Waals surface area contributed by atoms with Crippen LogP contribution in [0.1, 0.15) is 23.3 Å². The molecule has 5 rings (SSSR count). The van der Waals surface area contributed by atoms with E-state index in [0.29, 0.717) is 0 Å². The highest BCUT2D eigenvalue weighted by atomic mass is 16.3. The van der Waals surface area contributed by atoms with E-state index in [2.05, 4.69) is 30.3 Å². The predicted octanol–water partition coefficient (Wildman–Crippen LogP) is 4.23. The van der Waals surface area contributed by atoms with Crippen molar-refractivity contribution >= 4 is 32.3 Å². The topological polar surface area (TPSA) is 40.5 Å². The SMILES string of the molecule is O[C@@H]1c2c3ccccc3cc3ccc4cccc(c4c23)[C@@H]1O. The normalized spacial score (nSPS) is 20.3. The van der Waals surface area contributed by atoms with E-state index >= 15 is 0 Å². The van der Waals surface area contributed by atoms with Crippen molar-refractivity contribution in [2.75, 3.05) is 0 Å². The molecule has 2 N–H and O–H groups in total. The Hall–Kier alpha value is -2.42. The van der Waals surface area contributed by atoms with Crippen LogP contribution in [0.5, 0.6) is 0 Å². The average Bonchev–Trinajstić information content (AvgIpc) is 2.56. The summed E-state index contributed by atoms with van der Waals surface area (Å²) >= 11 is 0. The predicted molar refractivity (Wildman–Crippen MR) is 88.9 cm³/mol. The fourth-order valence-electron chi connectivity index (χ4n) is 3.89. The molecule has 1 aliphatic carbocycles. The summed E-state index contributed by atoms with van der Waals surface area (Å²) in [6.45, 7) is 0. The standard InChI is InChI=1S/C20H14O2/c21-19-15-7-3-5-11-8-9-13-10-12-4-1-2-6-14(12)18(20(19)22)17(13)16(11)15/h1-10,19-22H/t19-,20+/m0/s1. The van der Waals surface area contributed by atoms with Gasteiger partial charge in [0.05, 0.1) is 0 Å². The fourth-order valence-corrected chi connectivity index (χ4v) is 3.89. The Morgan fingerprint density at radius 3 is 2.32 bits per heavy atom. The lowest BCUT2D eigenvalue weighted by Crippen LogP contribution is -2.15. The summed E-state index contributed by atoms with van der Waals surface area (Å²) in [6, 6.07) is 20.3. The Morgan fingerprint density at radius 2 is 1.41 bits per heavy atom. The van der Waals surface area contributed by atoms with Gasteiger partial charge in [-0.25, -0.2) is 0 Å². The molecular weight excluding hydrogens is 272 g/mol. The lowest BCUT2D eigenvalue weighted by molar-refractivity contribution is 0.0187. The first-order valence-corrected chi connectivity index (χ1v) is 7.49. The largest absolute Gasteiger partial charge is 0.385 e. The molecule has 0 spiro atoms. The third-order valence-electron chi connectivity index (χ3n) is 4.85. The van der Waals surface area contributed by atoms with Gasteiger partial charge in [-0.15, -0.1) is 0 Å². The van der Waals surface area contributed by atoms with Crippen molar-refractivity contribution in [2.45, 2.75) is 12.2 Å². The van der Waals surface area contributed by atoms with Crippen LogP contribution in [-0.4, -0.2) is 10.2 Å². The molecule has 0 saturated carbocycles. The van der Waals surface area contributed by atoms with Gasteiger partial charge in [0, 0.05) is 0 Å². The van der Waals surface area contributed by atoms with Gasteiger partial charge in [0.2, 0.25) is 0 Å². The quantitative estimate of drug-likeness (QED) is 0.375. The number of hydrogen-bond donors (Lipinski definition) is 2. The first kappa shape index (κ1) is 12.2. The van der Waals surface area contributed by atoms with E-state index in [0.717, 1.165) is 43.4 Å². The molecule has 4 aromatic rings. The van der Waals surface area contributed by atoms with Crippen LogP contribution in [0.2, 0.25) is 0 Å². The lowest BCUT2D eigenvalue weighted by Gasteiger charge is -2.29. The van der Waals surface area contributed by atoms with E-state index in [9.17, 15) is 10.2 Å². The molecule has 0 unspecified atom stereocenters. The number of benzene rings is 4. The highest BCUT2D eigenvalue weighted by Gasteiger charge is 2.31. The van der Waals surface area contributed by atoms with Gasteiger partial charge < -0.3 is 10.2 Å². The fraction of sp³-hybridized carbons (Fsp3) is 0.100. The zero-order valence-electron chi connectivity index (χ0n) is 11.8. The molecule has 2 heteroatoms. The van der Waals surface area contributed by atoms with Crippen molar-refractivity contribution in [3.8, 4) is 0 Å². The van der Waals surface area contributed by atoms with Crippen molar-refractivity contribution in [2.24, 2.45) is 0 Å². The van der Waals surface area contributed by atoms with Crippen LogP contribution in [0.3, 0.4) is 0 Å². The van der Waals surface area contributed by atoms with Crippen LogP contribution in [0, 0.1) is 0 Å². The van der Waals surface area contributed by atoms with Crippen molar-refractivity contribution in [3.05, 3.63) is 71.8 Å². The summed E-state index contributed by atoms with van der Waals surface area (Å²) in [4.78, 5) is 0. The number of aliphatic hydroxyl groups is 2. The molecular formula is C20H14O2. The summed E-state index contributed by atoms with van der Waals surface area (Å²) in [7, 11) is 0. The maximum atomic E-state index is 10.7. The minimum Gasteiger partial charge on any atom is -0.385 e. The molecule has 4 aromatic carbocycles. The Balaban J connectivity index is 2.17. The van der Waals surface area contributed by atoms with E-state index in [4.69, 9.17) is 0 Å². The zero-order valence-corrected chi connectivity index (χ0v) is 11.8. The van der Waals surface area contributed by atoms with Crippen LogP contribution < -0.4 is 0 Å². The minimum atomic E-state index is -0.894. The first-order valence-electron chi connectivity index (χ1n) is 7.49. The third kappa shape index (κ3) is 1.36. The van der Waals surface area contributed by atoms with E-state index in [1.165, 1.54) is 0 Å². The number of fused-ring (bicyclic) bond motifs is 2. The van der Waals surface area contributed by atoms with Gasteiger partial charge in [0.15, 0.2) is 0 Å². The smallest absolute Gasteiger partial charge is 0.110 e. The third-order valence-corrected chi connectivity index (χ3v) is 4.85. The summed E-state index contributed by atoms with van der Waals surface area (Å²) < 4.78 is 0. The van der Waals surface area contributed by atoms with Crippen LogP contribution in [0.15, 0.2) is 60.7 Å². The molecule has 0 aromatic heterocycles. The van der Waals surface area contributed by atoms with Crippen molar-refractivity contribution < 1.29 is 10.2 Å². The van der Waals surface area contributed by atoms with E-state index in [1.807, 2.05) is 30.3 Å². The summed E-state index contributed by atoms with van der Waals surface area (Å²) in [5.41, 5.74) is 1.67. The Bertz CT molecular complexity index is 1070. The van der Waals surface area contributed by atoms with Crippen molar-refractivity contribution in [1.29, 1.82) is 0 Å². The van der Waals surface area contributed by atoms with Gasteiger partial charge in [0.25, 0.3) is 0 Å². The van der Waals surface area contributed by atoms with Crippen molar-refractivity contribution in [1.82, 2.24) is 0 Å². The number of rotatable bonds is 0. The highest BCUT2D eigenvalue weighted by Crippen LogP contribution is 2.47. The zero-order chi connectivity index (χ0) is 14.8. The molecule has 2 atom stereocenters. The second-order valence-electron chi connectivity index (χ2n) is 6.01. The average molecular weight is 286 g/mol.